The molecular formula is C16H10F4O5. The van der Waals surface area contributed by atoms with Crippen LogP contribution in [0.3, 0.4) is 0 Å². The fourth-order valence-electron chi connectivity index (χ4n) is 1.64. The van der Waals surface area contributed by atoms with Crippen LogP contribution in [0.5, 0.6) is 11.5 Å². The first-order valence-electron chi connectivity index (χ1n) is 6.74. The van der Waals surface area contributed by atoms with Gasteiger partial charge in [0.1, 0.15) is 11.6 Å². The highest BCUT2D eigenvalue weighted by molar-refractivity contribution is 5.86. The Balaban J connectivity index is 1.79. The van der Waals surface area contributed by atoms with E-state index in [0.29, 0.717) is 12.1 Å². The maximum Gasteiger partial charge on any atom is 0.351 e. The number of halogens is 4. The number of benzene rings is 2. The van der Waals surface area contributed by atoms with Crippen LogP contribution in [0, 0.1) is 23.3 Å². The smallest absolute Gasteiger partial charge is 0.351 e. The summed E-state index contributed by atoms with van der Waals surface area (Å²) in [6, 6.07) is 4.86. The summed E-state index contributed by atoms with van der Waals surface area (Å²) < 4.78 is 65.7. The predicted octanol–water partition coefficient (Wildman–Crippen LogP) is 2.77. The Labute approximate surface area is 138 Å². The number of carbonyl (C=O) groups is 2. The lowest BCUT2D eigenvalue weighted by Gasteiger charge is -2.08. The van der Waals surface area contributed by atoms with Crippen molar-refractivity contribution < 1.29 is 41.4 Å². The van der Waals surface area contributed by atoms with Gasteiger partial charge in [0.2, 0.25) is 0 Å². The lowest BCUT2D eigenvalue weighted by molar-refractivity contribution is -0.162. The second kappa shape index (κ2) is 8.13. The summed E-state index contributed by atoms with van der Waals surface area (Å²) in [4.78, 5) is 22.8. The zero-order valence-corrected chi connectivity index (χ0v) is 12.4. The van der Waals surface area contributed by atoms with Crippen LogP contribution < -0.4 is 9.47 Å². The van der Waals surface area contributed by atoms with E-state index in [4.69, 9.17) is 9.47 Å². The molecule has 0 fully saturated rings. The van der Waals surface area contributed by atoms with E-state index in [2.05, 4.69) is 4.74 Å². The molecule has 2 rings (SSSR count). The summed E-state index contributed by atoms with van der Waals surface area (Å²) in [7, 11) is 0. The van der Waals surface area contributed by atoms with Crippen molar-refractivity contribution in [3.05, 3.63) is 59.7 Å². The average Bonchev–Trinajstić information content (AvgIpc) is 2.53. The van der Waals surface area contributed by atoms with Gasteiger partial charge in [-0.1, -0.05) is 0 Å². The Morgan fingerprint density at radius 3 is 1.48 bits per heavy atom. The minimum absolute atomic E-state index is 0.407. The molecule has 0 unspecified atom stereocenters. The van der Waals surface area contributed by atoms with Crippen molar-refractivity contribution in [3.63, 3.8) is 0 Å². The quantitative estimate of drug-likeness (QED) is 0.451. The summed E-state index contributed by atoms with van der Waals surface area (Å²) in [5, 5.41) is 0. The highest BCUT2D eigenvalue weighted by Crippen LogP contribution is 2.18. The zero-order chi connectivity index (χ0) is 18.4. The van der Waals surface area contributed by atoms with Gasteiger partial charge in [0.25, 0.3) is 0 Å². The van der Waals surface area contributed by atoms with Crippen LogP contribution in [-0.2, 0) is 14.3 Å². The minimum Gasteiger partial charge on any atom is -0.479 e. The first kappa shape index (κ1) is 18.2. The van der Waals surface area contributed by atoms with Crippen molar-refractivity contribution in [3.8, 4) is 11.5 Å². The number of hydrogen-bond acceptors (Lipinski definition) is 5. The average molecular weight is 358 g/mol. The van der Waals surface area contributed by atoms with Gasteiger partial charge in [-0.3, -0.25) is 0 Å². The van der Waals surface area contributed by atoms with Gasteiger partial charge in [-0.25, -0.2) is 27.2 Å². The lowest BCUT2D eigenvalue weighted by Crippen LogP contribution is -2.23. The zero-order valence-electron chi connectivity index (χ0n) is 12.4. The lowest BCUT2D eigenvalue weighted by atomic mass is 10.3. The molecule has 2 aromatic rings. The van der Waals surface area contributed by atoms with Gasteiger partial charge in [-0.15, -0.1) is 0 Å². The fourth-order valence-corrected chi connectivity index (χ4v) is 1.64. The van der Waals surface area contributed by atoms with Crippen LogP contribution in [0.25, 0.3) is 0 Å². The van der Waals surface area contributed by atoms with E-state index in [0.717, 1.165) is 24.3 Å². The molecule has 0 aliphatic rings. The molecule has 0 aliphatic carbocycles. The summed E-state index contributed by atoms with van der Waals surface area (Å²) in [6.07, 6.45) is 0. The highest BCUT2D eigenvalue weighted by Gasteiger charge is 2.15. The van der Waals surface area contributed by atoms with Gasteiger partial charge in [0.15, 0.2) is 36.3 Å². The molecule has 0 atom stereocenters. The Morgan fingerprint density at radius 2 is 1.12 bits per heavy atom. The summed E-state index contributed by atoms with van der Waals surface area (Å²) >= 11 is 0. The molecular weight excluding hydrogens is 348 g/mol. The Bertz CT molecular complexity index is 729. The van der Waals surface area contributed by atoms with Crippen molar-refractivity contribution in [1.82, 2.24) is 0 Å². The molecule has 0 radical (unpaired) electrons. The maximum atomic E-state index is 13.3. The SMILES string of the molecule is O=C(COc1ccc(F)cc1F)OC(=O)COc1ccc(F)cc1F. The van der Waals surface area contributed by atoms with Crippen LogP contribution in [0.2, 0.25) is 0 Å². The van der Waals surface area contributed by atoms with E-state index in [1.54, 1.807) is 0 Å². The van der Waals surface area contributed by atoms with Crippen LogP contribution in [0.1, 0.15) is 0 Å². The second-order valence-corrected chi connectivity index (χ2v) is 4.57. The number of rotatable bonds is 6. The van der Waals surface area contributed by atoms with E-state index < -0.39 is 59.9 Å². The molecule has 5 nitrogen and oxygen atoms in total. The molecule has 0 aliphatic heterocycles. The number of esters is 2. The van der Waals surface area contributed by atoms with Crippen LogP contribution in [0.4, 0.5) is 17.6 Å². The van der Waals surface area contributed by atoms with E-state index in [-0.39, 0.29) is 0 Å². The third-order valence-corrected chi connectivity index (χ3v) is 2.71. The molecule has 0 amide bonds. The number of hydrogen-bond donors (Lipinski definition) is 0. The van der Waals surface area contributed by atoms with Crippen molar-refractivity contribution in [2.75, 3.05) is 13.2 Å². The van der Waals surface area contributed by atoms with Crippen LogP contribution >= 0.6 is 0 Å². The van der Waals surface area contributed by atoms with E-state index in [1.807, 2.05) is 0 Å². The normalized spacial score (nSPS) is 10.2. The van der Waals surface area contributed by atoms with E-state index in [1.165, 1.54) is 0 Å². The van der Waals surface area contributed by atoms with Gasteiger partial charge in [-0.2, -0.15) is 0 Å². The van der Waals surface area contributed by atoms with Crippen molar-refractivity contribution >= 4 is 11.9 Å². The van der Waals surface area contributed by atoms with Gasteiger partial charge in [0, 0.05) is 12.1 Å². The van der Waals surface area contributed by atoms with Gasteiger partial charge >= 0.3 is 11.9 Å². The molecule has 0 saturated heterocycles. The Kier molecular flexibility index (Phi) is 5.93. The summed E-state index contributed by atoms with van der Waals surface area (Å²) in [5.74, 6) is -6.87. The van der Waals surface area contributed by atoms with Crippen LogP contribution in [-0.4, -0.2) is 25.2 Å². The molecule has 0 spiro atoms. The van der Waals surface area contributed by atoms with Crippen molar-refractivity contribution in [2.24, 2.45) is 0 Å². The monoisotopic (exact) mass is 358 g/mol. The first-order chi connectivity index (χ1) is 11.8. The Hall–Kier alpha value is -3.10. The van der Waals surface area contributed by atoms with Gasteiger partial charge < -0.3 is 14.2 Å². The number of carbonyl (C=O) groups excluding carboxylic acids is 2. The topological polar surface area (TPSA) is 61.8 Å². The van der Waals surface area contributed by atoms with Crippen LogP contribution in [0.15, 0.2) is 36.4 Å². The molecule has 0 aromatic heterocycles. The van der Waals surface area contributed by atoms with Crippen molar-refractivity contribution in [2.45, 2.75) is 0 Å². The minimum atomic E-state index is -1.17. The molecule has 0 N–H and O–H groups in total. The largest absolute Gasteiger partial charge is 0.479 e. The van der Waals surface area contributed by atoms with Gasteiger partial charge in [0.05, 0.1) is 0 Å². The molecule has 132 valence electrons. The predicted molar refractivity (Wildman–Crippen MR) is 74.8 cm³/mol. The summed E-state index contributed by atoms with van der Waals surface area (Å²) in [5.41, 5.74) is 0. The highest BCUT2D eigenvalue weighted by atomic mass is 19.1. The number of ether oxygens (including phenoxy) is 3. The van der Waals surface area contributed by atoms with E-state index >= 15 is 0 Å². The van der Waals surface area contributed by atoms with Gasteiger partial charge in [-0.05, 0) is 24.3 Å². The standard InChI is InChI=1S/C16H10F4O5/c17-9-1-3-13(11(19)5-9)23-7-15(21)25-16(22)8-24-14-4-2-10(18)6-12(14)20/h1-6H,7-8H2. The first-order valence-corrected chi connectivity index (χ1v) is 6.74. The Morgan fingerprint density at radius 1 is 0.720 bits per heavy atom. The van der Waals surface area contributed by atoms with E-state index in [9.17, 15) is 27.2 Å². The molecule has 0 bridgehead atoms. The third-order valence-electron chi connectivity index (χ3n) is 2.71. The second-order valence-electron chi connectivity index (χ2n) is 4.57. The summed E-state index contributed by atoms with van der Waals surface area (Å²) in [6.45, 7) is -1.64. The van der Waals surface area contributed by atoms with Crippen molar-refractivity contribution in [1.29, 1.82) is 0 Å². The molecule has 25 heavy (non-hydrogen) atoms. The fraction of sp³-hybridized carbons (Fsp3) is 0.125. The molecule has 0 saturated carbocycles. The molecule has 9 heteroatoms. The maximum absolute atomic E-state index is 13.3. The third kappa shape index (κ3) is 5.48. The molecule has 0 heterocycles. The molecule has 2 aromatic carbocycles.